The molecule has 3 unspecified atom stereocenters. The van der Waals surface area contributed by atoms with Gasteiger partial charge >= 0.3 is 0 Å². The number of hydrogen-bond acceptors (Lipinski definition) is 4. The summed E-state index contributed by atoms with van der Waals surface area (Å²) in [4.78, 5) is 0. The molecule has 16 heavy (non-hydrogen) atoms. The highest BCUT2D eigenvalue weighted by Gasteiger charge is 2.05. The van der Waals surface area contributed by atoms with E-state index in [0.29, 0.717) is 12.1 Å². The minimum atomic E-state index is 0.217. The third kappa shape index (κ3) is 10.1. The molecule has 0 aliphatic rings. The van der Waals surface area contributed by atoms with E-state index in [-0.39, 0.29) is 6.04 Å². The Kier molecular flexibility index (Phi) is 9.52. The first kappa shape index (κ1) is 15.6. The predicted molar refractivity (Wildman–Crippen MR) is 71.6 cm³/mol. The number of nitrogens with two attached hydrogens (primary N) is 1. The van der Waals surface area contributed by atoms with Crippen molar-refractivity contribution in [2.75, 3.05) is 26.2 Å². The third-order valence-electron chi connectivity index (χ3n) is 2.30. The van der Waals surface area contributed by atoms with Gasteiger partial charge in [0.2, 0.25) is 0 Å². The smallest absolute Gasteiger partial charge is 0.0164 e. The third-order valence-corrected chi connectivity index (χ3v) is 2.30. The monoisotopic (exact) mass is 228 g/mol. The molecule has 4 nitrogen and oxygen atoms in total. The summed E-state index contributed by atoms with van der Waals surface area (Å²) < 4.78 is 0. The van der Waals surface area contributed by atoms with Crippen LogP contribution in [0.15, 0.2) is 12.7 Å². The van der Waals surface area contributed by atoms with Crippen molar-refractivity contribution >= 4 is 0 Å². The van der Waals surface area contributed by atoms with Crippen LogP contribution in [0.1, 0.15) is 20.8 Å². The van der Waals surface area contributed by atoms with Crippen LogP contribution in [0.5, 0.6) is 0 Å². The van der Waals surface area contributed by atoms with Gasteiger partial charge in [-0.3, -0.25) is 0 Å². The summed E-state index contributed by atoms with van der Waals surface area (Å²) in [5.41, 5.74) is 5.68. The van der Waals surface area contributed by atoms with Gasteiger partial charge in [0.05, 0.1) is 0 Å². The Morgan fingerprint density at radius 3 is 2.19 bits per heavy atom. The van der Waals surface area contributed by atoms with E-state index in [4.69, 9.17) is 5.73 Å². The van der Waals surface area contributed by atoms with Crippen LogP contribution in [0.25, 0.3) is 0 Å². The Bertz CT molecular complexity index is 170. The van der Waals surface area contributed by atoms with Gasteiger partial charge < -0.3 is 21.7 Å². The van der Waals surface area contributed by atoms with E-state index in [9.17, 15) is 0 Å². The first-order chi connectivity index (χ1) is 7.56. The molecule has 0 aliphatic carbocycles. The van der Waals surface area contributed by atoms with E-state index >= 15 is 0 Å². The second-order valence-corrected chi connectivity index (χ2v) is 4.54. The average molecular weight is 228 g/mol. The van der Waals surface area contributed by atoms with Crippen molar-refractivity contribution in [3.63, 3.8) is 0 Å². The molecule has 0 saturated carbocycles. The zero-order chi connectivity index (χ0) is 12.4. The van der Waals surface area contributed by atoms with Gasteiger partial charge in [-0.05, 0) is 20.8 Å². The quantitative estimate of drug-likeness (QED) is 0.316. The first-order valence-corrected chi connectivity index (χ1v) is 6.10. The molecule has 4 heteroatoms. The average Bonchev–Trinajstić information content (AvgIpc) is 2.24. The molecule has 0 aromatic rings. The molecule has 0 bridgehead atoms. The van der Waals surface area contributed by atoms with E-state index in [0.717, 1.165) is 26.2 Å². The van der Waals surface area contributed by atoms with Crippen molar-refractivity contribution in [2.24, 2.45) is 5.73 Å². The molecule has 0 aromatic carbocycles. The lowest BCUT2D eigenvalue weighted by atomic mass is 10.2. The van der Waals surface area contributed by atoms with Gasteiger partial charge in [-0.25, -0.2) is 0 Å². The molecule has 0 aliphatic heterocycles. The van der Waals surface area contributed by atoms with Crippen molar-refractivity contribution in [3.8, 4) is 0 Å². The minimum absolute atomic E-state index is 0.217. The highest BCUT2D eigenvalue weighted by atomic mass is 15.0. The van der Waals surface area contributed by atoms with Crippen LogP contribution in [0.4, 0.5) is 0 Å². The van der Waals surface area contributed by atoms with E-state index in [2.05, 4.69) is 36.4 Å². The lowest BCUT2D eigenvalue weighted by molar-refractivity contribution is 0.441. The van der Waals surface area contributed by atoms with E-state index in [1.807, 2.05) is 13.0 Å². The van der Waals surface area contributed by atoms with Crippen molar-refractivity contribution in [1.82, 2.24) is 16.0 Å². The molecular weight excluding hydrogens is 200 g/mol. The summed E-state index contributed by atoms with van der Waals surface area (Å²) >= 11 is 0. The molecular formula is C12H28N4. The Hall–Kier alpha value is -0.420. The molecule has 0 amide bonds. The van der Waals surface area contributed by atoms with E-state index in [1.165, 1.54) is 0 Å². The lowest BCUT2D eigenvalue weighted by Gasteiger charge is -2.19. The van der Waals surface area contributed by atoms with Crippen LogP contribution in [0, 0.1) is 0 Å². The molecule has 0 saturated heterocycles. The van der Waals surface area contributed by atoms with Crippen LogP contribution in [-0.2, 0) is 0 Å². The summed E-state index contributed by atoms with van der Waals surface area (Å²) in [6, 6.07) is 1.14. The molecule has 0 radical (unpaired) electrons. The van der Waals surface area contributed by atoms with Gasteiger partial charge in [-0.15, -0.1) is 6.58 Å². The SMILES string of the molecule is C=CCNCC(C)NCC(C)NCC(C)N. The maximum atomic E-state index is 5.68. The minimum Gasteiger partial charge on any atom is -0.327 e. The molecule has 0 aromatic heterocycles. The zero-order valence-corrected chi connectivity index (χ0v) is 10.9. The highest BCUT2D eigenvalue weighted by molar-refractivity contribution is 4.74. The van der Waals surface area contributed by atoms with Crippen molar-refractivity contribution in [2.45, 2.75) is 38.9 Å². The Morgan fingerprint density at radius 2 is 1.62 bits per heavy atom. The van der Waals surface area contributed by atoms with Crippen LogP contribution >= 0.6 is 0 Å². The molecule has 0 spiro atoms. The van der Waals surface area contributed by atoms with Gasteiger partial charge in [0.1, 0.15) is 0 Å². The number of nitrogens with one attached hydrogen (secondary N) is 3. The number of rotatable bonds is 10. The molecule has 96 valence electrons. The van der Waals surface area contributed by atoms with Gasteiger partial charge in [0, 0.05) is 44.3 Å². The number of hydrogen-bond donors (Lipinski definition) is 4. The summed E-state index contributed by atoms with van der Waals surface area (Å²) in [5, 5.41) is 10.1. The van der Waals surface area contributed by atoms with Gasteiger partial charge in [-0.2, -0.15) is 0 Å². The fourth-order valence-corrected chi connectivity index (χ4v) is 1.31. The normalized spacial score (nSPS) is 16.8. The van der Waals surface area contributed by atoms with Crippen LogP contribution in [0.3, 0.4) is 0 Å². The van der Waals surface area contributed by atoms with Gasteiger partial charge in [0.15, 0.2) is 0 Å². The molecule has 5 N–H and O–H groups in total. The Balaban J connectivity index is 3.42. The van der Waals surface area contributed by atoms with Crippen LogP contribution < -0.4 is 21.7 Å². The fourth-order valence-electron chi connectivity index (χ4n) is 1.31. The second-order valence-electron chi connectivity index (χ2n) is 4.54. The van der Waals surface area contributed by atoms with Crippen LogP contribution in [-0.4, -0.2) is 44.3 Å². The van der Waals surface area contributed by atoms with Gasteiger partial charge in [-0.1, -0.05) is 6.08 Å². The molecule has 0 fully saturated rings. The molecule has 0 heterocycles. The summed E-state index contributed by atoms with van der Waals surface area (Å²) in [5.74, 6) is 0. The fraction of sp³-hybridized carbons (Fsp3) is 0.833. The largest absolute Gasteiger partial charge is 0.327 e. The van der Waals surface area contributed by atoms with Crippen molar-refractivity contribution < 1.29 is 0 Å². The Morgan fingerprint density at radius 1 is 1.06 bits per heavy atom. The standard InChI is InChI=1S/C12H28N4/c1-5-6-14-8-11(3)16-9-12(4)15-7-10(2)13/h5,10-12,14-16H,1,6-9,13H2,2-4H3. The van der Waals surface area contributed by atoms with Crippen LogP contribution in [0.2, 0.25) is 0 Å². The summed E-state index contributed by atoms with van der Waals surface area (Å²) in [6.45, 7) is 13.7. The maximum Gasteiger partial charge on any atom is 0.0164 e. The highest BCUT2D eigenvalue weighted by Crippen LogP contribution is 1.84. The Labute approximate surface area is 100 Å². The van der Waals surface area contributed by atoms with Crippen molar-refractivity contribution in [3.05, 3.63) is 12.7 Å². The zero-order valence-electron chi connectivity index (χ0n) is 10.9. The summed E-state index contributed by atoms with van der Waals surface area (Å²) in [6.07, 6.45) is 1.87. The van der Waals surface area contributed by atoms with Crippen molar-refractivity contribution in [1.29, 1.82) is 0 Å². The predicted octanol–water partition coefficient (Wildman–Crippen LogP) is 0.0654. The first-order valence-electron chi connectivity index (χ1n) is 6.10. The molecule has 0 rings (SSSR count). The maximum absolute atomic E-state index is 5.68. The lowest BCUT2D eigenvalue weighted by Crippen LogP contribution is -2.45. The summed E-state index contributed by atoms with van der Waals surface area (Å²) in [7, 11) is 0. The van der Waals surface area contributed by atoms with E-state index in [1.54, 1.807) is 0 Å². The van der Waals surface area contributed by atoms with E-state index < -0.39 is 0 Å². The topological polar surface area (TPSA) is 62.1 Å². The van der Waals surface area contributed by atoms with Gasteiger partial charge in [0.25, 0.3) is 0 Å². The molecule has 3 atom stereocenters. The second kappa shape index (κ2) is 9.78.